The van der Waals surface area contributed by atoms with E-state index in [0.29, 0.717) is 11.2 Å². The quantitative estimate of drug-likeness (QED) is 0.468. The Morgan fingerprint density at radius 2 is 2.36 bits per heavy atom. The van der Waals surface area contributed by atoms with E-state index in [9.17, 15) is 4.39 Å². The zero-order valence-corrected chi connectivity index (χ0v) is 5.98. The van der Waals surface area contributed by atoms with Gasteiger partial charge in [-0.1, -0.05) is 11.6 Å². The van der Waals surface area contributed by atoms with Gasteiger partial charge in [0.25, 0.3) is 0 Å². The number of hydrogen-bond donors (Lipinski definition) is 1. The average molecular weight is 174 g/mol. The van der Waals surface area contributed by atoms with Crippen molar-refractivity contribution < 1.29 is 9.37 Å². The van der Waals surface area contributed by atoms with Gasteiger partial charge in [-0.25, -0.2) is 4.98 Å². The topological polar surface area (TPSA) is 55.7 Å². The Bertz CT molecular complexity index is 398. The highest BCUT2D eigenvalue weighted by Crippen LogP contribution is 2.13. The summed E-state index contributed by atoms with van der Waals surface area (Å²) in [6, 6.07) is 0. The van der Waals surface area contributed by atoms with Crippen LogP contribution >= 0.6 is 11.6 Å². The van der Waals surface area contributed by atoms with Crippen molar-refractivity contribution in [1.82, 2.24) is 15.0 Å². The summed E-state index contributed by atoms with van der Waals surface area (Å²) in [6.07, 6.45) is 0.670. The number of nitrogens with one attached hydrogen (secondary N) is 2. The number of nitrogens with zero attached hydrogens (tertiary/aromatic N) is 2. The molecule has 0 aliphatic carbocycles. The molecule has 11 heavy (non-hydrogen) atoms. The molecule has 2 heterocycles. The minimum absolute atomic E-state index is 0.0775. The first-order valence-corrected chi connectivity index (χ1v) is 3.23. The maximum Gasteiger partial charge on any atom is 0.385 e. The Morgan fingerprint density at radius 3 is 3.18 bits per heavy atom. The summed E-state index contributed by atoms with van der Waals surface area (Å²) >= 11 is 5.56. The summed E-state index contributed by atoms with van der Waals surface area (Å²) in [7, 11) is 0. The molecule has 6 heteroatoms. The molecule has 0 aliphatic rings. The molecule has 0 unspecified atom stereocenters. The van der Waals surface area contributed by atoms with Crippen LogP contribution in [-0.2, 0) is 0 Å². The van der Waals surface area contributed by atoms with Gasteiger partial charge >= 0.3 is 11.7 Å². The molecule has 4 nitrogen and oxygen atoms in total. The summed E-state index contributed by atoms with van der Waals surface area (Å²) in [5.41, 5.74) is 0.871. The van der Waals surface area contributed by atoms with E-state index in [4.69, 9.17) is 11.6 Å². The normalized spacial score (nSPS) is 10.7. The first-order chi connectivity index (χ1) is 5.27. The number of aromatic nitrogens is 4. The molecule has 0 bridgehead atoms. The molecule has 0 aliphatic heterocycles. The third-order valence-electron chi connectivity index (χ3n) is 1.26. The van der Waals surface area contributed by atoms with Crippen molar-refractivity contribution in [2.24, 2.45) is 0 Å². The monoisotopic (exact) mass is 173 g/mol. The number of H-pyrrole nitrogens is 2. The van der Waals surface area contributed by atoms with Gasteiger partial charge in [-0.3, -0.25) is 4.98 Å². The van der Waals surface area contributed by atoms with Gasteiger partial charge in [0.2, 0.25) is 5.52 Å². The first-order valence-electron chi connectivity index (χ1n) is 2.85. The Balaban J connectivity index is 2.91. The van der Waals surface area contributed by atoms with Gasteiger partial charge < -0.3 is 0 Å². The van der Waals surface area contributed by atoms with Crippen LogP contribution in [0.2, 0.25) is 5.15 Å². The van der Waals surface area contributed by atoms with Crippen molar-refractivity contribution in [3.05, 3.63) is 17.6 Å². The molecule has 0 amide bonds. The summed E-state index contributed by atoms with van der Waals surface area (Å²) in [5.74, 6) is 0. The van der Waals surface area contributed by atoms with Gasteiger partial charge in [0, 0.05) is 0 Å². The number of fused-ring (bicyclic) bond motifs is 1. The molecular weight excluding hydrogens is 171 g/mol. The molecule has 0 fully saturated rings. The zero-order chi connectivity index (χ0) is 7.84. The van der Waals surface area contributed by atoms with Crippen LogP contribution in [0.25, 0.3) is 11.2 Å². The molecule has 2 aromatic heterocycles. The van der Waals surface area contributed by atoms with Crippen molar-refractivity contribution in [3.8, 4) is 0 Å². The van der Waals surface area contributed by atoms with E-state index in [-0.39, 0.29) is 5.15 Å². The van der Waals surface area contributed by atoms with Gasteiger partial charge in [-0.05, 0) is 4.98 Å². The molecule has 0 saturated carbocycles. The van der Waals surface area contributed by atoms with Crippen molar-refractivity contribution in [3.63, 3.8) is 0 Å². The number of aromatic amines is 2. The summed E-state index contributed by atoms with van der Waals surface area (Å²) in [4.78, 5) is 12.2. The third-order valence-corrected chi connectivity index (χ3v) is 1.54. The predicted octanol–water partition coefficient (Wildman–Crippen LogP) is 0.564. The minimum atomic E-state index is -0.835. The van der Waals surface area contributed by atoms with Crippen LogP contribution in [-0.4, -0.2) is 15.0 Å². The van der Waals surface area contributed by atoms with E-state index in [1.165, 1.54) is 6.33 Å². The number of imidazole rings is 1. The Labute approximate surface area is 65.4 Å². The predicted molar refractivity (Wildman–Crippen MR) is 35.4 cm³/mol. The fraction of sp³-hybridized carbons (Fsp3) is 0. The lowest BCUT2D eigenvalue weighted by Crippen LogP contribution is -2.00. The van der Waals surface area contributed by atoms with E-state index in [0.717, 1.165) is 0 Å². The third kappa shape index (κ3) is 0.932. The molecule has 0 atom stereocenters. The van der Waals surface area contributed by atoms with E-state index < -0.39 is 6.08 Å². The van der Waals surface area contributed by atoms with Crippen LogP contribution in [0.15, 0.2) is 6.33 Å². The van der Waals surface area contributed by atoms with Crippen LogP contribution in [0.4, 0.5) is 4.39 Å². The molecule has 0 radical (unpaired) electrons. The lowest BCUT2D eigenvalue weighted by Gasteiger charge is -1.83. The zero-order valence-electron chi connectivity index (χ0n) is 5.23. The first kappa shape index (κ1) is 6.48. The fourth-order valence-electron chi connectivity index (χ4n) is 0.817. The van der Waals surface area contributed by atoms with Crippen molar-refractivity contribution in [2.75, 3.05) is 0 Å². The second kappa shape index (κ2) is 2.13. The van der Waals surface area contributed by atoms with Crippen LogP contribution in [0.5, 0.6) is 0 Å². The van der Waals surface area contributed by atoms with Gasteiger partial charge in [0.05, 0.1) is 0 Å². The second-order valence-electron chi connectivity index (χ2n) is 1.94. The highest BCUT2D eigenvalue weighted by Gasteiger charge is 2.12. The smallest absolute Gasteiger partial charge is 0.271 e. The highest BCUT2D eigenvalue weighted by molar-refractivity contribution is 6.33. The van der Waals surface area contributed by atoms with Gasteiger partial charge in [0.1, 0.15) is 0 Å². The molecular formula is C5H3ClFN4+. The van der Waals surface area contributed by atoms with Gasteiger partial charge in [0.15, 0.2) is 11.5 Å². The molecule has 0 saturated heterocycles. The average Bonchev–Trinajstić information content (AvgIpc) is 2.34. The van der Waals surface area contributed by atoms with Crippen LogP contribution in [0.1, 0.15) is 0 Å². The van der Waals surface area contributed by atoms with Crippen molar-refractivity contribution in [2.45, 2.75) is 0 Å². The summed E-state index contributed by atoms with van der Waals surface area (Å²) < 4.78 is 12.4. The standard InChI is InChI=1S/C5H2ClFN4/c6-3-2-4(9-1-8-2)11-5(7)10-3/h1H,(H,8,9,10,11)/p+1. The summed E-state index contributed by atoms with van der Waals surface area (Å²) in [5, 5.41) is 0.0775. The minimum Gasteiger partial charge on any atom is -0.271 e. The molecule has 2 N–H and O–H groups in total. The van der Waals surface area contributed by atoms with Crippen LogP contribution in [0, 0.1) is 6.08 Å². The second-order valence-corrected chi connectivity index (χ2v) is 2.30. The number of halogens is 2. The summed E-state index contributed by atoms with van der Waals surface area (Å²) in [6.45, 7) is 0. The lowest BCUT2D eigenvalue weighted by molar-refractivity contribution is -0.347. The molecule has 0 aromatic carbocycles. The number of hydrogen-bond acceptors (Lipinski definition) is 2. The lowest BCUT2D eigenvalue weighted by atomic mass is 10.6. The molecule has 2 rings (SSSR count). The van der Waals surface area contributed by atoms with Gasteiger partial charge in [-0.15, -0.1) is 4.39 Å². The maximum atomic E-state index is 12.4. The molecule has 2 aromatic rings. The molecule has 56 valence electrons. The molecule has 0 spiro atoms. The SMILES string of the molecule is Fc1nc(Cl)c2[nH]c[nH+]c2n1. The van der Waals surface area contributed by atoms with E-state index in [1.54, 1.807) is 0 Å². The van der Waals surface area contributed by atoms with Crippen molar-refractivity contribution in [1.29, 1.82) is 0 Å². The van der Waals surface area contributed by atoms with Crippen LogP contribution in [0.3, 0.4) is 0 Å². The van der Waals surface area contributed by atoms with Crippen molar-refractivity contribution >= 4 is 22.8 Å². The Kier molecular flexibility index (Phi) is 1.25. The Morgan fingerprint density at radius 1 is 1.55 bits per heavy atom. The highest BCUT2D eigenvalue weighted by atomic mass is 35.5. The largest absolute Gasteiger partial charge is 0.385 e. The van der Waals surface area contributed by atoms with E-state index in [2.05, 4.69) is 19.9 Å². The maximum absolute atomic E-state index is 12.4. The van der Waals surface area contributed by atoms with E-state index >= 15 is 0 Å². The van der Waals surface area contributed by atoms with Crippen LogP contribution < -0.4 is 4.98 Å². The van der Waals surface area contributed by atoms with Gasteiger partial charge in [-0.2, -0.15) is 4.98 Å². The number of rotatable bonds is 0. The fourth-order valence-corrected chi connectivity index (χ4v) is 1.03. The van der Waals surface area contributed by atoms with E-state index in [1.807, 2.05) is 0 Å². The Hall–Kier alpha value is -1.23.